The van der Waals surface area contributed by atoms with Crippen LogP contribution >= 0.6 is 0 Å². The summed E-state index contributed by atoms with van der Waals surface area (Å²) in [6.07, 6.45) is 1.46. The Morgan fingerprint density at radius 1 is 1.07 bits per heavy atom. The van der Waals surface area contributed by atoms with E-state index in [1.807, 2.05) is 24.3 Å². The third-order valence-electron chi connectivity index (χ3n) is 4.69. The van der Waals surface area contributed by atoms with Crippen LogP contribution in [0.3, 0.4) is 0 Å². The standard InChI is InChI=1S/C23H32N2O4S/c1-6-20(25(30(5,27)28)18-12-8-7-9-13-18)22(26)24-16-17-29-21-15-11-10-14-19(21)23(2,3)4/h7-15,20H,6,16-17H2,1-5H3,(H,24,26)/t20-/m0/s1. The molecule has 30 heavy (non-hydrogen) atoms. The Hall–Kier alpha value is -2.54. The van der Waals surface area contributed by atoms with E-state index < -0.39 is 16.1 Å². The molecule has 0 unspecified atom stereocenters. The lowest BCUT2D eigenvalue weighted by molar-refractivity contribution is -0.122. The molecule has 0 spiro atoms. The zero-order valence-corrected chi connectivity index (χ0v) is 19.2. The third kappa shape index (κ3) is 6.23. The van der Waals surface area contributed by atoms with E-state index in [0.717, 1.165) is 17.6 Å². The van der Waals surface area contributed by atoms with Crippen LogP contribution in [0.1, 0.15) is 39.7 Å². The van der Waals surface area contributed by atoms with Gasteiger partial charge in [0.25, 0.3) is 0 Å². The van der Waals surface area contributed by atoms with E-state index in [0.29, 0.717) is 18.7 Å². The number of carbonyl (C=O) groups is 1. The van der Waals surface area contributed by atoms with Gasteiger partial charge in [-0.05, 0) is 35.6 Å². The highest BCUT2D eigenvalue weighted by Gasteiger charge is 2.31. The maximum absolute atomic E-state index is 12.8. The summed E-state index contributed by atoms with van der Waals surface area (Å²) in [5.74, 6) is 0.438. The van der Waals surface area contributed by atoms with Crippen molar-refractivity contribution in [3.63, 3.8) is 0 Å². The summed E-state index contributed by atoms with van der Waals surface area (Å²) in [5.41, 5.74) is 1.51. The molecule has 1 atom stereocenters. The van der Waals surface area contributed by atoms with E-state index in [1.165, 1.54) is 4.31 Å². The molecule has 0 saturated carbocycles. The van der Waals surface area contributed by atoms with Crippen molar-refractivity contribution in [1.29, 1.82) is 0 Å². The smallest absolute Gasteiger partial charge is 0.244 e. The van der Waals surface area contributed by atoms with Gasteiger partial charge in [-0.3, -0.25) is 9.10 Å². The number of benzene rings is 2. The summed E-state index contributed by atoms with van der Waals surface area (Å²) in [6, 6.07) is 15.7. The van der Waals surface area contributed by atoms with Crippen molar-refractivity contribution in [2.45, 2.75) is 45.6 Å². The van der Waals surface area contributed by atoms with Gasteiger partial charge in [-0.25, -0.2) is 8.42 Å². The minimum absolute atomic E-state index is 0.0567. The second kappa shape index (κ2) is 9.98. The molecule has 0 aromatic heterocycles. The number of ether oxygens (including phenoxy) is 1. The number of carbonyl (C=O) groups excluding carboxylic acids is 1. The van der Waals surface area contributed by atoms with Crippen LogP contribution in [-0.2, 0) is 20.2 Å². The number of rotatable bonds is 9. The molecule has 0 heterocycles. The van der Waals surface area contributed by atoms with E-state index in [4.69, 9.17) is 4.74 Å². The van der Waals surface area contributed by atoms with Gasteiger partial charge in [0.05, 0.1) is 18.5 Å². The van der Waals surface area contributed by atoms with Crippen LogP contribution in [0.15, 0.2) is 54.6 Å². The summed E-state index contributed by atoms with van der Waals surface area (Å²) < 4.78 is 31.9. The third-order valence-corrected chi connectivity index (χ3v) is 5.87. The van der Waals surface area contributed by atoms with Crippen LogP contribution in [0.4, 0.5) is 5.69 Å². The van der Waals surface area contributed by atoms with E-state index in [2.05, 4.69) is 26.1 Å². The molecule has 0 aliphatic rings. The molecule has 0 radical (unpaired) electrons. The molecule has 164 valence electrons. The van der Waals surface area contributed by atoms with E-state index in [9.17, 15) is 13.2 Å². The minimum atomic E-state index is -3.63. The zero-order chi connectivity index (χ0) is 22.4. The Balaban J connectivity index is 2.04. The molecule has 0 fully saturated rings. The summed E-state index contributed by atoms with van der Waals surface area (Å²) >= 11 is 0. The molecule has 2 aromatic carbocycles. The Bertz CT molecular complexity index is 937. The molecule has 1 amide bonds. The van der Waals surface area contributed by atoms with Gasteiger partial charge >= 0.3 is 0 Å². The molecule has 2 rings (SSSR count). The Morgan fingerprint density at radius 3 is 2.23 bits per heavy atom. The average Bonchev–Trinajstić information content (AvgIpc) is 2.68. The molecule has 6 nitrogen and oxygen atoms in total. The number of sulfonamides is 1. The van der Waals surface area contributed by atoms with Gasteiger partial charge in [0.1, 0.15) is 18.4 Å². The predicted octanol–water partition coefficient (Wildman–Crippen LogP) is 3.72. The summed E-state index contributed by atoms with van der Waals surface area (Å²) in [6.45, 7) is 8.71. The van der Waals surface area contributed by atoms with Crippen LogP contribution in [0.5, 0.6) is 5.75 Å². The fraction of sp³-hybridized carbons (Fsp3) is 0.435. The Kier molecular flexibility index (Phi) is 7.89. The van der Waals surface area contributed by atoms with Crippen LogP contribution in [0, 0.1) is 0 Å². The van der Waals surface area contributed by atoms with Crippen molar-refractivity contribution < 1.29 is 17.9 Å². The predicted molar refractivity (Wildman–Crippen MR) is 121 cm³/mol. The first-order chi connectivity index (χ1) is 14.1. The fourth-order valence-corrected chi connectivity index (χ4v) is 4.51. The number of hydrogen-bond donors (Lipinski definition) is 1. The number of nitrogens with one attached hydrogen (secondary N) is 1. The first kappa shape index (κ1) is 23.7. The summed E-state index contributed by atoms with van der Waals surface area (Å²) in [5, 5.41) is 2.81. The Labute approximate surface area is 180 Å². The second-order valence-corrected chi connectivity index (χ2v) is 10.1. The molecule has 1 N–H and O–H groups in total. The molecule has 2 aromatic rings. The summed E-state index contributed by atoms with van der Waals surface area (Å²) in [7, 11) is -3.63. The van der Waals surface area contributed by atoms with Crippen molar-refractivity contribution in [3.05, 3.63) is 60.2 Å². The number of anilines is 1. The van der Waals surface area contributed by atoms with Gasteiger partial charge in [-0.15, -0.1) is 0 Å². The SMILES string of the molecule is CC[C@@H](C(=O)NCCOc1ccccc1C(C)(C)C)N(c1ccccc1)S(C)(=O)=O. The lowest BCUT2D eigenvalue weighted by Gasteiger charge is -2.30. The molecule has 7 heteroatoms. The molecule has 0 aliphatic carbocycles. The second-order valence-electron chi connectivity index (χ2n) is 8.20. The molecule has 0 bridgehead atoms. The molecular formula is C23H32N2O4S. The normalized spacial score (nSPS) is 12.8. The topological polar surface area (TPSA) is 75.7 Å². The van der Waals surface area contributed by atoms with E-state index in [-0.39, 0.29) is 17.9 Å². The van der Waals surface area contributed by atoms with Gasteiger partial charge < -0.3 is 10.1 Å². The van der Waals surface area contributed by atoms with Crippen LogP contribution in [0.25, 0.3) is 0 Å². The van der Waals surface area contributed by atoms with Gasteiger partial charge in [0.2, 0.25) is 15.9 Å². The van der Waals surface area contributed by atoms with Gasteiger partial charge in [0, 0.05) is 0 Å². The van der Waals surface area contributed by atoms with Crippen LogP contribution < -0.4 is 14.4 Å². The quantitative estimate of drug-likeness (QED) is 0.613. The van der Waals surface area contributed by atoms with Gasteiger partial charge in [-0.2, -0.15) is 0 Å². The Morgan fingerprint density at radius 2 is 1.67 bits per heavy atom. The molecule has 0 saturated heterocycles. The highest BCUT2D eigenvalue weighted by molar-refractivity contribution is 7.92. The highest BCUT2D eigenvalue weighted by atomic mass is 32.2. The summed E-state index contributed by atoms with van der Waals surface area (Å²) in [4.78, 5) is 12.8. The zero-order valence-electron chi connectivity index (χ0n) is 18.4. The molecular weight excluding hydrogens is 400 g/mol. The maximum Gasteiger partial charge on any atom is 0.244 e. The van der Waals surface area contributed by atoms with E-state index >= 15 is 0 Å². The van der Waals surface area contributed by atoms with Crippen LogP contribution in [0.2, 0.25) is 0 Å². The van der Waals surface area contributed by atoms with Crippen LogP contribution in [-0.4, -0.2) is 39.8 Å². The lowest BCUT2D eigenvalue weighted by Crippen LogP contribution is -2.50. The van der Waals surface area contributed by atoms with Crippen molar-refractivity contribution in [3.8, 4) is 5.75 Å². The lowest BCUT2D eigenvalue weighted by atomic mass is 9.86. The van der Waals surface area contributed by atoms with Gasteiger partial charge in [-0.1, -0.05) is 64.1 Å². The molecule has 0 aliphatic heterocycles. The fourth-order valence-electron chi connectivity index (χ4n) is 3.30. The van der Waals surface area contributed by atoms with Crippen molar-refractivity contribution in [2.75, 3.05) is 23.7 Å². The largest absolute Gasteiger partial charge is 0.491 e. The van der Waals surface area contributed by atoms with Crippen molar-refractivity contribution in [1.82, 2.24) is 5.32 Å². The number of para-hydroxylation sites is 2. The first-order valence-corrected chi connectivity index (χ1v) is 11.9. The number of amides is 1. The average molecular weight is 433 g/mol. The monoisotopic (exact) mass is 432 g/mol. The number of hydrogen-bond acceptors (Lipinski definition) is 4. The van der Waals surface area contributed by atoms with Crippen molar-refractivity contribution >= 4 is 21.6 Å². The highest BCUT2D eigenvalue weighted by Crippen LogP contribution is 2.30. The maximum atomic E-state index is 12.8. The number of nitrogens with zero attached hydrogens (tertiary/aromatic N) is 1. The van der Waals surface area contributed by atoms with Gasteiger partial charge in [0.15, 0.2) is 0 Å². The van der Waals surface area contributed by atoms with Crippen molar-refractivity contribution in [2.24, 2.45) is 0 Å². The van der Waals surface area contributed by atoms with E-state index in [1.54, 1.807) is 37.3 Å². The first-order valence-electron chi connectivity index (χ1n) is 10.1. The minimum Gasteiger partial charge on any atom is -0.491 e.